The van der Waals surface area contributed by atoms with Crippen molar-refractivity contribution >= 4 is 38.8 Å². The van der Waals surface area contributed by atoms with Crippen LogP contribution in [0.4, 0.5) is 0 Å². The van der Waals surface area contributed by atoms with E-state index in [1.54, 1.807) is 0 Å². The Morgan fingerprint density at radius 2 is 1.72 bits per heavy atom. The van der Waals surface area contributed by atoms with Gasteiger partial charge in [-0.05, 0) is 94.1 Å². The third-order valence-electron chi connectivity index (χ3n) is 10.1. The van der Waals surface area contributed by atoms with Crippen molar-refractivity contribution < 1.29 is 30.5 Å². The predicted molar refractivity (Wildman–Crippen MR) is 190 cm³/mol. The summed E-state index contributed by atoms with van der Waals surface area (Å²) in [7, 11) is -4.03. The monoisotopic (exact) mass is 703 g/mol. The van der Waals surface area contributed by atoms with Crippen molar-refractivity contribution in [2.75, 3.05) is 25.4 Å². The average molecular weight is 704 g/mol. The number of hydrogen-bond donors (Lipinski definition) is 2. The van der Waals surface area contributed by atoms with E-state index < -0.39 is 21.5 Å². The molecule has 0 aromatic carbocycles. The van der Waals surface area contributed by atoms with Crippen LogP contribution in [0.1, 0.15) is 85.5 Å². The minimum atomic E-state index is -4.03. The SMILES string of the molecule is CC1(C)C(=CC=C2CCCC(C=CC3=[N+](CCCS(=O)(=O)O)C4=C(CCC=C4)C3(C)C)=C2Cl)N(CCCOS(=O)O)C2=C1CCC=C2. The molecule has 11 heteroatoms. The number of allylic oxidation sites excluding steroid dienone is 13. The van der Waals surface area contributed by atoms with E-state index in [4.69, 9.17) is 20.3 Å². The Hall–Kier alpha value is -2.34. The predicted octanol–water partition coefficient (Wildman–Crippen LogP) is 7.89. The van der Waals surface area contributed by atoms with Crippen LogP contribution in [0.25, 0.3) is 0 Å². The van der Waals surface area contributed by atoms with E-state index in [-0.39, 0.29) is 23.2 Å². The minimum absolute atomic E-state index is 0.157. The summed E-state index contributed by atoms with van der Waals surface area (Å²) in [6.07, 6.45) is 25.1. The van der Waals surface area contributed by atoms with E-state index in [1.165, 1.54) is 22.5 Å². The lowest BCUT2D eigenvalue weighted by Crippen LogP contribution is -2.27. The summed E-state index contributed by atoms with van der Waals surface area (Å²) in [4.78, 5) is 2.33. The maximum Gasteiger partial charge on any atom is 0.301 e. The molecule has 5 aliphatic rings. The van der Waals surface area contributed by atoms with Crippen molar-refractivity contribution in [2.24, 2.45) is 10.8 Å². The molecule has 2 heterocycles. The highest BCUT2D eigenvalue weighted by Gasteiger charge is 2.46. The molecule has 0 bridgehead atoms. The average Bonchev–Trinajstić information content (AvgIpc) is 3.36. The Morgan fingerprint density at radius 1 is 1.00 bits per heavy atom. The van der Waals surface area contributed by atoms with Gasteiger partial charge in [-0.2, -0.15) is 17.2 Å². The zero-order valence-corrected chi connectivity index (χ0v) is 30.3. The molecule has 256 valence electrons. The van der Waals surface area contributed by atoms with Gasteiger partial charge in [0.25, 0.3) is 10.1 Å². The molecule has 0 fully saturated rings. The van der Waals surface area contributed by atoms with Crippen LogP contribution in [0.5, 0.6) is 0 Å². The van der Waals surface area contributed by atoms with E-state index in [9.17, 15) is 17.2 Å². The number of rotatable bonds is 12. The van der Waals surface area contributed by atoms with Crippen LogP contribution in [0.15, 0.2) is 93.0 Å². The number of halogens is 1. The smallest absolute Gasteiger partial charge is 0.301 e. The summed E-state index contributed by atoms with van der Waals surface area (Å²) in [6, 6.07) is 0. The van der Waals surface area contributed by atoms with E-state index in [2.05, 4.69) is 85.8 Å². The van der Waals surface area contributed by atoms with Gasteiger partial charge in [0.05, 0.1) is 17.8 Å². The van der Waals surface area contributed by atoms with Gasteiger partial charge >= 0.3 is 11.4 Å². The van der Waals surface area contributed by atoms with E-state index in [0.717, 1.165) is 72.5 Å². The van der Waals surface area contributed by atoms with Crippen molar-refractivity contribution in [3.63, 3.8) is 0 Å². The van der Waals surface area contributed by atoms with Crippen LogP contribution in [0.2, 0.25) is 0 Å². The summed E-state index contributed by atoms with van der Waals surface area (Å²) in [6.45, 7) is 10.4. The molecule has 1 unspecified atom stereocenters. The second-order valence-electron chi connectivity index (χ2n) is 13.9. The molecular formula is C36H48ClN2O6S2+. The molecule has 1 atom stereocenters. The molecule has 2 N–H and O–H groups in total. The lowest BCUT2D eigenvalue weighted by molar-refractivity contribution is -0.469. The molecular weight excluding hydrogens is 656 g/mol. The third-order valence-corrected chi connectivity index (χ3v) is 11.7. The molecule has 47 heavy (non-hydrogen) atoms. The number of nitrogens with zero attached hydrogens (tertiary/aromatic N) is 2. The van der Waals surface area contributed by atoms with Crippen LogP contribution in [0.3, 0.4) is 0 Å². The maximum absolute atomic E-state index is 11.5. The van der Waals surface area contributed by atoms with Gasteiger partial charge in [0.1, 0.15) is 6.54 Å². The lowest BCUT2D eigenvalue weighted by Gasteiger charge is -2.29. The first-order chi connectivity index (χ1) is 22.2. The molecule has 0 amide bonds. The van der Waals surface area contributed by atoms with E-state index >= 15 is 0 Å². The summed E-state index contributed by atoms with van der Waals surface area (Å²) in [5.74, 6) is -0.270. The zero-order valence-electron chi connectivity index (χ0n) is 27.9. The normalized spacial score (nSPS) is 24.9. The largest absolute Gasteiger partial charge is 0.344 e. The third kappa shape index (κ3) is 7.94. The maximum atomic E-state index is 11.5. The molecule has 3 aliphatic carbocycles. The van der Waals surface area contributed by atoms with Crippen LogP contribution < -0.4 is 0 Å². The molecule has 0 saturated carbocycles. The molecule has 0 aromatic heterocycles. The Morgan fingerprint density at radius 3 is 2.45 bits per heavy atom. The van der Waals surface area contributed by atoms with Gasteiger partial charge in [-0.3, -0.25) is 13.3 Å². The highest BCUT2D eigenvalue weighted by atomic mass is 35.5. The molecule has 8 nitrogen and oxygen atoms in total. The Kier molecular flexibility index (Phi) is 11.2. The first-order valence-electron chi connectivity index (χ1n) is 16.6. The van der Waals surface area contributed by atoms with Crippen molar-refractivity contribution in [1.29, 1.82) is 0 Å². The van der Waals surface area contributed by atoms with Gasteiger partial charge in [0.15, 0.2) is 5.71 Å². The second-order valence-corrected chi connectivity index (χ2v) is 16.5. The summed E-state index contributed by atoms with van der Waals surface area (Å²) in [5, 5.41) is 0.773. The molecule has 2 aliphatic heterocycles. The Labute approximate surface area is 287 Å². The first kappa shape index (κ1) is 36.0. The van der Waals surface area contributed by atoms with Gasteiger partial charge < -0.3 is 4.90 Å². The second kappa shape index (κ2) is 14.6. The van der Waals surface area contributed by atoms with E-state index in [0.29, 0.717) is 25.9 Å². The summed E-state index contributed by atoms with van der Waals surface area (Å²) >= 11 is 4.87. The van der Waals surface area contributed by atoms with Crippen LogP contribution in [-0.2, 0) is 25.7 Å². The summed E-state index contributed by atoms with van der Waals surface area (Å²) < 4.78 is 59.4. The molecule has 0 spiro atoms. The quantitative estimate of drug-likeness (QED) is 0.0921. The highest BCUT2D eigenvalue weighted by molar-refractivity contribution is 7.85. The van der Waals surface area contributed by atoms with Crippen LogP contribution >= 0.6 is 11.6 Å². The Balaban J connectivity index is 1.43. The highest BCUT2D eigenvalue weighted by Crippen LogP contribution is 2.51. The van der Waals surface area contributed by atoms with Gasteiger partial charge in [-0.25, -0.2) is 0 Å². The molecule has 5 rings (SSSR count). The van der Waals surface area contributed by atoms with Crippen molar-refractivity contribution in [3.05, 3.63) is 93.0 Å². The zero-order chi connectivity index (χ0) is 34.0. The van der Waals surface area contributed by atoms with Gasteiger partial charge in [0, 0.05) is 52.5 Å². The van der Waals surface area contributed by atoms with E-state index in [1.807, 2.05) is 0 Å². The van der Waals surface area contributed by atoms with Crippen LogP contribution in [-0.4, -0.2) is 62.4 Å². The van der Waals surface area contributed by atoms with Crippen LogP contribution in [0, 0.1) is 10.8 Å². The molecule has 0 saturated heterocycles. The fraction of sp³-hybridized carbons (Fsp3) is 0.528. The standard InChI is InChI=1S/C36H47ClN2O6S2/c1-35(2)28-14-5-7-16-30(28)38(22-10-24-45-46(40)41)32(35)20-18-26-12-9-13-27(34(26)37)19-21-33-36(3,4)29-15-6-8-17-31(29)39(33)23-11-25-47(42,43)44/h7-8,16-21H,5-6,9-15,22-25H2,1-4H3,(H-,40,41,42,43,44)/p+1. The number of hydrogen-bond acceptors (Lipinski definition) is 5. The molecule has 0 radical (unpaired) electrons. The van der Waals surface area contributed by atoms with Gasteiger partial charge in [-0.1, -0.05) is 49.8 Å². The molecule has 0 aromatic rings. The Bertz CT molecular complexity index is 1700. The van der Waals surface area contributed by atoms with Gasteiger partial charge in [0.2, 0.25) is 5.70 Å². The lowest BCUT2D eigenvalue weighted by atomic mass is 9.77. The van der Waals surface area contributed by atoms with Crippen molar-refractivity contribution in [3.8, 4) is 0 Å². The fourth-order valence-electron chi connectivity index (χ4n) is 7.72. The topological polar surface area (TPSA) is 107 Å². The first-order valence-corrected chi connectivity index (χ1v) is 19.6. The minimum Gasteiger partial charge on any atom is -0.344 e. The summed E-state index contributed by atoms with van der Waals surface area (Å²) in [5.41, 5.74) is 9.23. The van der Waals surface area contributed by atoms with Gasteiger partial charge in [-0.15, -0.1) is 0 Å². The van der Waals surface area contributed by atoms with Crippen molar-refractivity contribution in [1.82, 2.24) is 4.90 Å². The fourth-order valence-corrected chi connectivity index (χ4v) is 8.79. The van der Waals surface area contributed by atoms with Crippen molar-refractivity contribution in [2.45, 2.75) is 85.5 Å².